The summed E-state index contributed by atoms with van der Waals surface area (Å²) in [6.07, 6.45) is 4.79. The molecule has 0 saturated carbocycles. The van der Waals surface area contributed by atoms with Crippen LogP contribution in [0.4, 0.5) is 5.69 Å². The molecule has 108 valence electrons. The van der Waals surface area contributed by atoms with Gasteiger partial charge in [0, 0.05) is 12.1 Å². The number of hydrogen-bond acceptors (Lipinski definition) is 2. The molecule has 0 spiro atoms. The number of hydrogen-bond donors (Lipinski definition) is 2. The largest absolute Gasteiger partial charge is 0.330 e. The first-order valence-electron chi connectivity index (χ1n) is 6.71. The monoisotopic (exact) mass is 284 g/mol. The normalized spacial score (nSPS) is 9.84. The second kappa shape index (κ2) is 9.82. The number of nitrogens with two attached hydrogens (primary N) is 1. The van der Waals surface area contributed by atoms with E-state index < -0.39 is 0 Å². The van der Waals surface area contributed by atoms with E-state index in [1.807, 2.05) is 32.0 Å². The summed E-state index contributed by atoms with van der Waals surface area (Å²) in [5, 5.41) is 3.01. The Labute approximate surface area is 122 Å². The maximum Gasteiger partial charge on any atom is 0.224 e. The predicted molar refractivity (Wildman–Crippen MR) is 83.9 cm³/mol. The molecule has 1 rings (SSSR count). The van der Waals surface area contributed by atoms with E-state index in [1.165, 1.54) is 0 Å². The van der Waals surface area contributed by atoms with Crippen molar-refractivity contribution in [2.75, 3.05) is 11.9 Å². The van der Waals surface area contributed by atoms with Crippen LogP contribution in [-0.4, -0.2) is 12.5 Å². The lowest BCUT2D eigenvalue weighted by atomic mass is 10.1. The lowest BCUT2D eigenvalue weighted by Crippen LogP contribution is -2.13. The van der Waals surface area contributed by atoms with Crippen molar-refractivity contribution in [2.45, 2.75) is 46.0 Å². The third-order valence-electron chi connectivity index (χ3n) is 3.10. The van der Waals surface area contributed by atoms with Crippen LogP contribution in [0.15, 0.2) is 18.2 Å². The van der Waals surface area contributed by atoms with E-state index in [0.29, 0.717) is 6.42 Å². The van der Waals surface area contributed by atoms with Crippen LogP contribution in [0.25, 0.3) is 0 Å². The van der Waals surface area contributed by atoms with Crippen molar-refractivity contribution in [3.63, 3.8) is 0 Å². The number of carbonyl (C=O) groups is 1. The van der Waals surface area contributed by atoms with Crippen molar-refractivity contribution in [3.8, 4) is 0 Å². The molecule has 1 amide bonds. The fourth-order valence-electron chi connectivity index (χ4n) is 2.00. The van der Waals surface area contributed by atoms with E-state index in [9.17, 15) is 4.79 Å². The minimum Gasteiger partial charge on any atom is -0.330 e. The fraction of sp³-hybridized carbons (Fsp3) is 0.533. The number of rotatable bonds is 7. The molecule has 0 atom stereocenters. The Balaban J connectivity index is 0.00000324. The van der Waals surface area contributed by atoms with E-state index in [2.05, 4.69) is 5.32 Å². The molecule has 4 heteroatoms. The number of amides is 1. The molecule has 0 fully saturated rings. The first kappa shape index (κ1) is 17.9. The molecule has 1 aromatic carbocycles. The Morgan fingerprint density at radius 2 is 1.68 bits per heavy atom. The summed E-state index contributed by atoms with van der Waals surface area (Å²) < 4.78 is 0. The second-order valence-electron chi connectivity index (χ2n) is 4.77. The number of benzene rings is 1. The molecule has 19 heavy (non-hydrogen) atoms. The van der Waals surface area contributed by atoms with E-state index >= 15 is 0 Å². The van der Waals surface area contributed by atoms with Gasteiger partial charge in [-0.15, -0.1) is 12.4 Å². The van der Waals surface area contributed by atoms with Gasteiger partial charge in [0.1, 0.15) is 0 Å². The van der Waals surface area contributed by atoms with Crippen LogP contribution in [0.3, 0.4) is 0 Å². The van der Waals surface area contributed by atoms with Gasteiger partial charge in [-0.1, -0.05) is 31.0 Å². The van der Waals surface area contributed by atoms with Crippen LogP contribution in [0.1, 0.15) is 43.2 Å². The highest BCUT2D eigenvalue weighted by molar-refractivity contribution is 5.92. The van der Waals surface area contributed by atoms with Crippen LogP contribution in [0, 0.1) is 13.8 Å². The number of aryl methyl sites for hydroxylation is 2. The van der Waals surface area contributed by atoms with Crippen molar-refractivity contribution >= 4 is 24.0 Å². The van der Waals surface area contributed by atoms with Gasteiger partial charge in [-0.25, -0.2) is 0 Å². The first-order valence-corrected chi connectivity index (χ1v) is 6.71. The highest BCUT2D eigenvalue weighted by Crippen LogP contribution is 2.19. The number of para-hydroxylation sites is 1. The minimum absolute atomic E-state index is 0. The summed E-state index contributed by atoms with van der Waals surface area (Å²) in [6.45, 7) is 4.78. The molecule has 0 aromatic heterocycles. The zero-order chi connectivity index (χ0) is 13.4. The molecule has 0 heterocycles. The molecule has 0 aliphatic carbocycles. The molecule has 0 bridgehead atoms. The average Bonchev–Trinajstić information content (AvgIpc) is 2.34. The molecule has 0 saturated heterocycles. The van der Waals surface area contributed by atoms with Gasteiger partial charge in [-0.3, -0.25) is 4.79 Å². The van der Waals surface area contributed by atoms with Gasteiger partial charge in [0.05, 0.1) is 0 Å². The Morgan fingerprint density at radius 1 is 1.11 bits per heavy atom. The molecular formula is C15H25ClN2O. The van der Waals surface area contributed by atoms with Crippen molar-refractivity contribution in [2.24, 2.45) is 5.73 Å². The van der Waals surface area contributed by atoms with E-state index in [1.54, 1.807) is 0 Å². The zero-order valence-electron chi connectivity index (χ0n) is 11.9. The topological polar surface area (TPSA) is 55.1 Å². The second-order valence-corrected chi connectivity index (χ2v) is 4.77. The zero-order valence-corrected chi connectivity index (χ0v) is 12.7. The minimum atomic E-state index is 0. The number of unbranched alkanes of at least 4 members (excludes halogenated alkanes) is 3. The highest BCUT2D eigenvalue weighted by Gasteiger charge is 2.06. The number of carbonyl (C=O) groups excluding carboxylic acids is 1. The number of nitrogens with one attached hydrogen (secondary N) is 1. The van der Waals surface area contributed by atoms with Crippen molar-refractivity contribution in [1.29, 1.82) is 0 Å². The van der Waals surface area contributed by atoms with Gasteiger partial charge >= 0.3 is 0 Å². The van der Waals surface area contributed by atoms with Gasteiger partial charge in [-0.05, 0) is 44.4 Å². The Hall–Kier alpha value is -1.06. The fourth-order valence-corrected chi connectivity index (χ4v) is 2.00. The van der Waals surface area contributed by atoms with Crippen LogP contribution >= 0.6 is 12.4 Å². The van der Waals surface area contributed by atoms with E-state index in [0.717, 1.165) is 49.0 Å². The lowest BCUT2D eigenvalue weighted by Gasteiger charge is -2.11. The van der Waals surface area contributed by atoms with Crippen LogP contribution < -0.4 is 11.1 Å². The van der Waals surface area contributed by atoms with Crippen molar-refractivity contribution in [1.82, 2.24) is 0 Å². The Kier molecular flexibility index (Phi) is 9.27. The van der Waals surface area contributed by atoms with E-state index in [-0.39, 0.29) is 18.3 Å². The van der Waals surface area contributed by atoms with Crippen LogP contribution in [-0.2, 0) is 4.79 Å². The first-order chi connectivity index (χ1) is 8.65. The van der Waals surface area contributed by atoms with Crippen LogP contribution in [0.5, 0.6) is 0 Å². The van der Waals surface area contributed by atoms with Gasteiger partial charge in [0.25, 0.3) is 0 Å². The standard InChI is InChI=1S/C15H24N2O.ClH/c1-12-8-7-9-13(2)15(12)17-14(18)10-5-3-4-6-11-16;/h7-9H,3-6,10-11,16H2,1-2H3,(H,17,18);1H. The van der Waals surface area contributed by atoms with E-state index in [4.69, 9.17) is 5.73 Å². The molecule has 3 nitrogen and oxygen atoms in total. The summed E-state index contributed by atoms with van der Waals surface area (Å²) >= 11 is 0. The third kappa shape index (κ3) is 6.60. The number of halogens is 1. The molecule has 0 aliphatic rings. The molecule has 0 radical (unpaired) electrons. The molecule has 1 aromatic rings. The van der Waals surface area contributed by atoms with Crippen molar-refractivity contribution < 1.29 is 4.79 Å². The molecule has 3 N–H and O–H groups in total. The Bertz CT molecular complexity index is 373. The molecule has 0 aliphatic heterocycles. The van der Waals surface area contributed by atoms with Crippen molar-refractivity contribution in [3.05, 3.63) is 29.3 Å². The van der Waals surface area contributed by atoms with Crippen LogP contribution in [0.2, 0.25) is 0 Å². The van der Waals surface area contributed by atoms with Gasteiger partial charge < -0.3 is 11.1 Å². The summed E-state index contributed by atoms with van der Waals surface area (Å²) in [5.74, 6) is 0.111. The molecule has 0 unspecified atom stereocenters. The lowest BCUT2D eigenvalue weighted by molar-refractivity contribution is -0.116. The van der Waals surface area contributed by atoms with Gasteiger partial charge in [0.2, 0.25) is 5.91 Å². The predicted octanol–water partition coefficient (Wildman–Crippen LogP) is 3.57. The SMILES string of the molecule is Cc1cccc(C)c1NC(=O)CCCCCCN.Cl. The molecular weight excluding hydrogens is 260 g/mol. The maximum atomic E-state index is 11.8. The summed E-state index contributed by atoms with van der Waals surface area (Å²) in [4.78, 5) is 11.8. The maximum absolute atomic E-state index is 11.8. The van der Waals surface area contributed by atoms with Gasteiger partial charge in [0.15, 0.2) is 0 Å². The quantitative estimate of drug-likeness (QED) is 0.752. The average molecular weight is 285 g/mol. The summed E-state index contributed by atoms with van der Waals surface area (Å²) in [7, 11) is 0. The smallest absolute Gasteiger partial charge is 0.224 e. The summed E-state index contributed by atoms with van der Waals surface area (Å²) in [6, 6.07) is 6.04. The Morgan fingerprint density at radius 3 is 2.26 bits per heavy atom. The highest BCUT2D eigenvalue weighted by atomic mass is 35.5. The summed E-state index contributed by atoms with van der Waals surface area (Å²) in [5.41, 5.74) is 8.62. The number of anilines is 1. The third-order valence-corrected chi connectivity index (χ3v) is 3.10. The van der Waals surface area contributed by atoms with Gasteiger partial charge in [-0.2, -0.15) is 0 Å².